The van der Waals surface area contributed by atoms with Crippen molar-refractivity contribution < 1.29 is 14.6 Å². The first-order chi connectivity index (χ1) is 9.99. The van der Waals surface area contributed by atoms with E-state index in [1.807, 2.05) is 0 Å². The topological polar surface area (TPSA) is 43.7 Å². The molecule has 1 aromatic rings. The predicted octanol–water partition coefficient (Wildman–Crippen LogP) is 3.01. The highest BCUT2D eigenvalue weighted by atomic mass is 19.1. The Hall–Kier alpha value is -1.13. The molecule has 3 nitrogen and oxygen atoms in total. The van der Waals surface area contributed by atoms with E-state index in [-0.39, 0.29) is 11.7 Å². The van der Waals surface area contributed by atoms with Gasteiger partial charge in [0.05, 0.1) is 11.7 Å². The largest absolute Gasteiger partial charge is 0.389 e. The summed E-state index contributed by atoms with van der Waals surface area (Å²) in [5, 5.41) is 20.6. The number of hydrogen-bond donors (Lipinski definition) is 2. The second kappa shape index (κ2) is 5.58. The lowest BCUT2D eigenvalue weighted by Gasteiger charge is -2.48. The van der Waals surface area contributed by atoms with Gasteiger partial charge in [0.1, 0.15) is 5.82 Å². The molecule has 1 saturated carbocycles. The first-order valence-electron chi connectivity index (χ1n) is 7.94. The van der Waals surface area contributed by atoms with Crippen molar-refractivity contribution in [3.63, 3.8) is 0 Å². The van der Waals surface area contributed by atoms with Crippen molar-refractivity contribution >= 4 is 5.69 Å². The molecule has 0 aromatic heterocycles. The van der Waals surface area contributed by atoms with Crippen LogP contribution >= 0.6 is 0 Å². The van der Waals surface area contributed by atoms with Gasteiger partial charge in [-0.3, -0.25) is 0 Å². The van der Waals surface area contributed by atoms with E-state index in [0.29, 0.717) is 5.56 Å². The van der Waals surface area contributed by atoms with Gasteiger partial charge in [-0.15, -0.1) is 0 Å². The van der Waals surface area contributed by atoms with Crippen LogP contribution in [-0.4, -0.2) is 28.9 Å². The van der Waals surface area contributed by atoms with E-state index in [4.69, 9.17) is 0 Å². The molecule has 0 radical (unpaired) electrons. The second-order valence-corrected chi connectivity index (χ2v) is 6.62. The summed E-state index contributed by atoms with van der Waals surface area (Å²) in [6.07, 6.45) is 4.31. The van der Waals surface area contributed by atoms with E-state index >= 15 is 0 Å². The summed E-state index contributed by atoms with van der Waals surface area (Å²) >= 11 is 0. The first-order valence-corrected chi connectivity index (χ1v) is 7.94. The average Bonchev–Trinajstić information content (AvgIpc) is 2.46. The lowest BCUT2D eigenvalue weighted by molar-refractivity contribution is -0.0613. The van der Waals surface area contributed by atoms with Crippen molar-refractivity contribution in [3.8, 4) is 0 Å². The molecular weight excluding hydrogens is 269 g/mol. The van der Waals surface area contributed by atoms with Crippen LogP contribution in [0.3, 0.4) is 0 Å². The number of halogens is 1. The molecule has 1 heterocycles. The van der Waals surface area contributed by atoms with E-state index in [2.05, 4.69) is 4.90 Å². The molecule has 2 N–H and O–H groups in total. The highest BCUT2D eigenvalue weighted by Gasteiger charge is 2.43. The van der Waals surface area contributed by atoms with Crippen LogP contribution in [0.5, 0.6) is 0 Å². The molecule has 116 valence electrons. The Labute approximate surface area is 125 Å². The molecule has 1 aliphatic heterocycles. The molecule has 1 aromatic carbocycles. The Kier molecular flexibility index (Phi) is 3.93. The summed E-state index contributed by atoms with van der Waals surface area (Å²) in [6.45, 7) is 3.22. The molecule has 0 spiro atoms. The van der Waals surface area contributed by atoms with Crippen LogP contribution in [0.25, 0.3) is 0 Å². The number of aliphatic hydroxyl groups is 2. The zero-order valence-corrected chi connectivity index (χ0v) is 12.6. The predicted molar refractivity (Wildman–Crippen MR) is 80.8 cm³/mol. The minimum Gasteiger partial charge on any atom is -0.389 e. The summed E-state index contributed by atoms with van der Waals surface area (Å²) in [5.74, 6) is -0.0345. The first kappa shape index (κ1) is 14.8. The molecule has 0 amide bonds. The van der Waals surface area contributed by atoms with Crippen molar-refractivity contribution in [2.45, 2.75) is 50.7 Å². The Balaban J connectivity index is 1.85. The minimum absolute atomic E-state index is 0.284. The van der Waals surface area contributed by atoms with E-state index in [9.17, 15) is 14.6 Å². The number of piperidine rings is 1. The van der Waals surface area contributed by atoms with Gasteiger partial charge in [0.2, 0.25) is 0 Å². The third-order valence-corrected chi connectivity index (χ3v) is 5.21. The Morgan fingerprint density at radius 1 is 1.33 bits per heavy atom. The maximum atomic E-state index is 13.4. The highest BCUT2D eigenvalue weighted by molar-refractivity contribution is 5.55. The van der Waals surface area contributed by atoms with Crippen molar-refractivity contribution in [2.24, 2.45) is 5.92 Å². The van der Waals surface area contributed by atoms with Gasteiger partial charge in [-0.05, 0) is 44.4 Å². The zero-order valence-electron chi connectivity index (χ0n) is 12.6. The van der Waals surface area contributed by atoms with Crippen LogP contribution in [0.1, 0.15) is 50.7 Å². The van der Waals surface area contributed by atoms with Gasteiger partial charge in [0, 0.05) is 30.3 Å². The maximum absolute atomic E-state index is 13.4. The molecular formula is C17H24FNO2. The van der Waals surface area contributed by atoms with Gasteiger partial charge in [0.25, 0.3) is 0 Å². The lowest BCUT2D eigenvalue weighted by atomic mass is 9.71. The van der Waals surface area contributed by atoms with E-state index < -0.39 is 11.7 Å². The van der Waals surface area contributed by atoms with Crippen molar-refractivity contribution in [3.05, 3.63) is 29.6 Å². The van der Waals surface area contributed by atoms with Gasteiger partial charge >= 0.3 is 0 Å². The second-order valence-electron chi connectivity index (χ2n) is 6.62. The standard InChI is InChI=1S/C17H24FNO2/c1-12(20)15-10-14(18)5-6-16(15)19-9-8-17(21)7-3-2-4-13(17)11-19/h5-6,10,12-13,20-21H,2-4,7-9,11H2,1H3/t12-,13?,17?/m0/s1. The molecule has 2 fully saturated rings. The van der Waals surface area contributed by atoms with Gasteiger partial charge in [-0.1, -0.05) is 12.8 Å². The number of benzene rings is 1. The molecule has 0 bridgehead atoms. The Morgan fingerprint density at radius 3 is 2.90 bits per heavy atom. The molecule has 2 unspecified atom stereocenters. The fourth-order valence-electron chi connectivity index (χ4n) is 3.94. The molecule has 1 aliphatic carbocycles. The molecule has 1 saturated heterocycles. The molecule has 21 heavy (non-hydrogen) atoms. The Bertz CT molecular complexity index is 520. The summed E-state index contributed by atoms with van der Waals surface area (Å²) in [4.78, 5) is 2.20. The zero-order chi connectivity index (χ0) is 15.0. The lowest BCUT2D eigenvalue weighted by Crippen LogP contribution is -2.53. The number of aliphatic hydroxyl groups excluding tert-OH is 1. The normalized spacial score (nSPS) is 30.9. The SMILES string of the molecule is C[C@H](O)c1cc(F)ccc1N1CCC2(O)CCCCC2C1. The highest BCUT2D eigenvalue weighted by Crippen LogP contribution is 2.41. The molecule has 3 atom stereocenters. The van der Waals surface area contributed by atoms with Crippen LogP contribution in [0.4, 0.5) is 10.1 Å². The van der Waals surface area contributed by atoms with Gasteiger partial charge in [-0.2, -0.15) is 0 Å². The van der Waals surface area contributed by atoms with Gasteiger partial charge in [0.15, 0.2) is 0 Å². The third-order valence-electron chi connectivity index (χ3n) is 5.21. The summed E-state index contributed by atoms with van der Waals surface area (Å²) in [6, 6.07) is 4.62. The quantitative estimate of drug-likeness (QED) is 0.881. The molecule has 3 rings (SSSR count). The van der Waals surface area contributed by atoms with Crippen LogP contribution in [0.15, 0.2) is 18.2 Å². The van der Waals surface area contributed by atoms with E-state index in [0.717, 1.165) is 44.5 Å². The van der Waals surface area contributed by atoms with Crippen molar-refractivity contribution in [1.82, 2.24) is 0 Å². The van der Waals surface area contributed by atoms with E-state index in [1.54, 1.807) is 13.0 Å². The van der Waals surface area contributed by atoms with Crippen molar-refractivity contribution in [1.29, 1.82) is 0 Å². The van der Waals surface area contributed by atoms with E-state index in [1.165, 1.54) is 18.6 Å². The van der Waals surface area contributed by atoms with Crippen molar-refractivity contribution in [2.75, 3.05) is 18.0 Å². The fourth-order valence-corrected chi connectivity index (χ4v) is 3.94. The maximum Gasteiger partial charge on any atom is 0.123 e. The number of nitrogens with zero attached hydrogens (tertiary/aromatic N) is 1. The summed E-state index contributed by atoms with van der Waals surface area (Å²) in [7, 11) is 0. The fraction of sp³-hybridized carbons (Fsp3) is 0.647. The molecule has 4 heteroatoms. The minimum atomic E-state index is -0.692. The monoisotopic (exact) mass is 293 g/mol. The average molecular weight is 293 g/mol. The summed E-state index contributed by atoms with van der Waals surface area (Å²) < 4.78 is 13.4. The van der Waals surface area contributed by atoms with Crippen LogP contribution < -0.4 is 4.90 Å². The smallest absolute Gasteiger partial charge is 0.123 e. The number of anilines is 1. The molecule has 2 aliphatic rings. The van der Waals surface area contributed by atoms with Crippen LogP contribution in [0, 0.1) is 11.7 Å². The third kappa shape index (κ3) is 2.79. The van der Waals surface area contributed by atoms with Crippen LogP contribution in [-0.2, 0) is 0 Å². The van der Waals surface area contributed by atoms with Gasteiger partial charge < -0.3 is 15.1 Å². The Morgan fingerprint density at radius 2 is 2.14 bits per heavy atom. The van der Waals surface area contributed by atoms with Gasteiger partial charge in [-0.25, -0.2) is 4.39 Å². The van der Waals surface area contributed by atoms with Crippen LogP contribution in [0.2, 0.25) is 0 Å². The number of fused-ring (bicyclic) bond motifs is 1. The number of hydrogen-bond acceptors (Lipinski definition) is 3. The number of rotatable bonds is 2. The summed E-state index contributed by atoms with van der Waals surface area (Å²) in [5.41, 5.74) is 1.02.